The van der Waals surface area contributed by atoms with Gasteiger partial charge in [-0.3, -0.25) is 4.79 Å². The minimum Gasteiger partial charge on any atom is -0.491 e. The first-order valence-electron chi connectivity index (χ1n) is 7.71. The van der Waals surface area contributed by atoms with Gasteiger partial charge in [0.1, 0.15) is 0 Å². The molecule has 6 heteroatoms. The van der Waals surface area contributed by atoms with Crippen LogP contribution in [0.2, 0.25) is 5.02 Å². The van der Waals surface area contributed by atoms with E-state index in [9.17, 15) is 4.79 Å². The summed E-state index contributed by atoms with van der Waals surface area (Å²) in [7, 11) is 3.61. The van der Waals surface area contributed by atoms with Gasteiger partial charge in [-0.2, -0.15) is 0 Å². The number of piperazine rings is 1. The number of nitrogens with zero attached hydrogens (tertiary/aromatic N) is 2. The molecule has 0 spiro atoms. The molecule has 0 aromatic heterocycles. The zero-order valence-electron chi connectivity index (χ0n) is 13.8. The second-order valence-electron chi connectivity index (χ2n) is 5.43. The Bertz CT molecular complexity index is 581. The van der Waals surface area contributed by atoms with Gasteiger partial charge >= 0.3 is 0 Å². The maximum Gasteiger partial charge on any atom is 0.246 e. The Balaban J connectivity index is 2.11. The standard InChI is InChI=1S/C17H23ClN2O3/c1-4-23-15-12-13(11-14(18)17(15)22-3)5-6-16(21)20-9-7-19(2)8-10-20/h5-6,11-12H,4,7-10H2,1-3H3. The molecule has 1 heterocycles. The van der Waals surface area contributed by atoms with Crippen molar-refractivity contribution < 1.29 is 14.3 Å². The third kappa shape index (κ3) is 4.62. The van der Waals surface area contributed by atoms with Crippen LogP contribution in [0.5, 0.6) is 11.5 Å². The van der Waals surface area contributed by atoms with E-state index in [1.807, 2.05) is 17.9 Å². The molecule has 126 valence electrons. The van der Waals surface area contributed by atoms with E-state index in [0.717, 1.165) is 31.7 Å². The van der Waals surface area contributed by atoms with Crippen LogP contribution >= 0.6 is 11.6 Å². The number of rotatable bonds is 5. The first-order chi connectivity index (χ1) is 11.0. The summed E-state index contributed by atoms with van der Waals surface area (Å²) in [6.07, 6.45) is 3.34. The summed E-state index contributed by atoms with van der Waals surface area (Å²) in [6, 6.07) is 3.58. The molecule has 0 N–H and O–H groups in total. The Hall–Kier alpha value is -1.72. The van der Waals surface area contributed by atoms with Crippen LogP contribution in [0.25, 0.3) is 6.08 Å². The summed E-state index contributed by atoms with van der Waals surface area (Å²) in [5, 5.41) is 0.463. The van der Waals surface area contributed by atoms with E-state index in [1.165, 1.54) is 0 Å². The summed E-state index contributed by atoms with van der Waals surface area (Å²) in [6.45, 7) is 5.73. The largest absolute Gasteiger partial charge is 0.491 e. The highest BCUT2D eigenvalue weighted by molar-refractivity contribution is 6.32. The number of amides is 1. The Morgan fingerprint density at radius 2 is 2.00 bits per heavy atom. The predicted octanol–water partition coefficient (Wildman–Crippen LogP) is 2.53. The van der Waals surface area contributed by atoms with Gasteiger partial charge in [-0.25, -0.2) is 0 Å². The topological polar surface area (TPSA) is 42.0 Å². The summed E-state index contributed by atoms with van der Waals surface area (Å²) >= 11 is 6.21. The van der Waals surface area contributed by atoms with E-state index in [0.29, 0.717) is 23.1 Å². The van der Waals surface area contributed by atoms with E-state index in [-0.39, 0.29) is 5.91 Å². The van der Waals surface area contributed by atoms with Crippen LogP contribution in [0.3, 0.4) is 0 Å². The van der Waals surface area contributed by atoms with Crippen LogP contribution in [0.4, 0.5) is 0 Å². The van der Waals surface area contributed by atoms with Crippen molar-refractivity contribution in [1.82, 2.24) is 9.80 Å². The first kappa shape index (κ1) is 17.6. The Morgan fingerprint density at radius 1 is 1.30 bits per heavy atom. The molecule has 5 nitrogen and oxygen atoms in total. The van der Waals surface area contributed by atoms with Gasteiger partial charge in [0, 0.05) is 32.3 Å². The summed E-state index contributed by atoms with van der Waals surface area (Å²) < 4.78 is 10.8. The average molecular weight is 339 g/mol. The second-order valence-corrected chi connectivity index (χ2v) is 5.84. The van der Waals surface area contributed by atoms with Crippen LogP contribution in [-0.4, -0.2) is 62.7 Å². The number of carbonyl (C=O) groups excluding carboxylic acids is 1. The second kappa shape index (κ2) is 8.22. The van der Waals surface area contributed by atoms with Gasteiger partial charge in [0.25, 0.3) is 0 Å². The monoisotopic (exact) mass is 338 g/mol. The molecule has 1 aliphatic rings. The highest BCUT2D eigenvalue weighted by atomic mass is 35.5. The lowest BCUT2D eigenvalue weighted by molar-refractivity contribution is -0.127. The molecule has 0 radical (unpaired) electrons. The molecule has 0 unspecified atom stereocenters. The predicted molar refractivity (Wildman–Crippen MR) is 92.3 cm³/mol. The Morgan fingerprint density at radius 3 is 2.61 bits per heavy atom. The van der Waals surface area contributed by atoms with Gasteiger partial charge in [-0.1, -0.05) is 11.6 Å². The van der Waals surface area contributed by atoms with Crippen LogP contribution < -0.4 is 9.47 Å². The van der Waals surface area contributed by atoms with Crippen LogP contribution in [-0.2, 0) is 4.79 Å². The average Bonchev–Trinajstić information content (AvgIpc) is 2.53. The molecule has 0 saturated carbocycles. The molecule has 0 bridgehead atoms. The number of hydrogen-bond acceptors (Lipinski definition) is 4. The molecule has 1 aromatic carbocycles. The van der Waals surface area contributed by atoms with Crippen molar-refractivity contribution in [3.63, 3.8) is 0 Å². The van der Waals surface area contributed by atoms with Crippen LogP contribution in [0.15, 0.2) is 18.2 Å². The van der Waals surface area contributed by atoms with Gasteiger partial charge < -0.3 is 19.3 Å². The number of hydrogen-bond donors (Lipinski definition) is 0. The lowest BCUT2D eigenvalue weighted by Crippen LogP contribution is -2.46. The molecule has 2 rings (SSSR count). The van der Waals surface area contributed by atoms with Crippen LogP contribution in [0, 0.1) is 0 Å². The van der Waals surface area contributed by atoms with E-state index in [2.05, 4.69) is 11.9 Å². The highest BCUT2D eigenvalue weighted by Crippen LogP contribution is 2.36. The van der Waals surface area contributed by atoms with Gasteiger partial charge in [0.05, 0.1) is 18.7 Å². The molecule has 1 aromatic rings. The molecule has 1 amide bonds. The van der Waals surface area contributed by atoms with Crippen molar-refractivity contribution in [2.45, 2.75) is 6.92 Å². The molecule has 1 aliphatic heterocycles. The normalized spacial score (nSPS) is 15.9. The van der Waals surface area contributed by atoms with Crippen molar-refractivity contribution in [2.75, 3.05) is 46.9 Å². The number of likely N-dealkylation sites (N-methyl/N-ethyl adjacent to an activating group) is 1. The van der Waals surface area contributed by atoms with E-state index in [1.54, 1.807) is 25.3 Å². The fourth-order valence-electron chi connectivity index (χ4n) is 2.44. The SMILES string of the molecule is CCOc1cc(C=CC(=O)N2CCN(C)CC2)cc(Cl)c1OC. The number of ether oxygens (including phenoxy) is 2. The number of benzene rings is 1. The maximum absolute atomic E-state index is 12.2. The third-order valence-corrected chi connectivity index (χ3v) is 4.05. The van der Waals surface area contributed by atoms with Gasteiger partial charge in [-0.15, -0.1) is 0 Å². The zero-order valence-corrected chi connectivity index (χ0v) is 14.6. The van der Waals surface area contributed by atoms with Crippen molar-refractivity contribution >= 4 is 23.6 Å². The quantitative estimate of drug-likeness (QED) is 0.774. The van der Waals surface area contributed by atoms with Gasteiger partial charge in [0.15, 0.2) is 11.5 Å². The van der Waals surface area contributed by atoms with Gasteiger partial charge in [-0.05, 0) is 37.7 Å². The minimum absolute atomic E-state index is 0.0167. The van der Waals surface area contributed by atoms with E-state index < -0.39 is 0 Å². The molecule has 23 heavy (non-hydrogen) atoms. The van der Waals surface area contributed by atoms with Crippen molar-refractivity contribution in [2.24, 2.45) is 0 Å². The molecule has 0 aliphatic carbocycles. The fraction of sp³-hybridized carbons (Fsp3) is 0.471. The Kier molecular flexibility index (Phi) is 6.30. The zero-order chi connectivity index (χ0) is 16.8. The number of halogens is 1. The smallest absolute Gasteiger partial charge is 0.246 e. The van der Waals surface area contributed by atoms with Crippen molar-refractivity contribution in [3.8, 4) is 11.5 Å². The summed E-state index contributed by atoms with van der Waals surface area (Å²) in [4.78, 5) is 16.3. The van der Waals surface area contributed by atoms with Crippen molar-refractivity contribution in [3.05, 3.63) is 28.8 Å². The molecular formula is C17H23ClN2O3. The van der Waals surface area contributed by atoms with Crippen LogP contribution in [0.1, 0.15) is 12.5 Å². The highest BCUT2D eigenvalue weighted by Gasteiger charge is 2.17. The summed E-state index contributed by atoms with van der Waals surface area (Å²) in [5.74, 6) is 1.10. The van der Waals surface area contributed by atoms with Gasteiger partial charge in [0.2, 0.25) is 5.91 Å². The first-order valence-corrected chi connectivity index (χ1v) is 8.08. The Labute approximate surface area is 142 Å². The molecule has 1 saturated heterocycles. The summed E-state index contributed by atoms with van der Waals surface area (Å²) in [5.41, 5.74) is 0.807. The maximum atomic E-state index is 12.2. The minimum atomic E-state index is 0.0167. The molecule has 1 fully saturated rings. The fourth-order valence-corrected chi connectivity index (χ4v) is 2.74. The lowest BCUT2D eigenvalue weighted by atomic mass is 10.1. The molecule has 0 atom stereocenters. The lowest BCUT2D eigenvalue weighted by Gasteiger charge is -2.31. The van der Waals surface area contributed by atoms with E-state index in [4.69, 9.17) is 21.1 Å². The number of carbonyl (C=O) groups is 1. The molecular weight excluding hydrogens is 316 g/mol. The van der Waals surface area contributed by atoms with E-state index >= 15 is 0 Å². The van der Waals surface area contributed by atoms with Crippen molar-refractivity contribution in [1.29, 1.82) is 0 Å². The number of methoxy groups -OCH3 is 1. The third-order valence-electron chi connectivity index (χ3n) is 3.77.